The molecule has 0 atom stereocenters. The number of phenols is 1. The summed E-state index contributed by atoms with van der Waals surface area (Å²) in [6.45, 7) is 8.14. The van der Waals surface area contributed by atoms with Gasteiger partial charge in [0.25, 0.3) is 0 Å². The van der Waals surface area contributed by atoms with Gasteiger partial charge in [-0.1, -0.05) is 94.4 Å². The second-order valence-electron chi connectivity index (χ2n) is 8.21. The maximum absolute atomic E-state index is 11.9. The van der Waals surface area contributed by atoms with Crippen LogP contribution in [-0.2, 0) is 10.8 Å². The summed E-state index contributed by atoms with van der Waals surface area (Å²) in [6.07, 6.45) is 0. The Morgan fingerprint density at radius 1 is 0.714 bits per heavy atom. The molecule has 0 aliphatic carbocycles. The van der Waals surface area contributed by atoms with Gasteiger partial charge >= 0.3 is 5.97 Å². The van der Waals surface area contributed by atoms with Crippen LogP contribution in [0, 0.1) is 0 Å². The van der Waals surface area contributed by atoms with Crippen LogP contribution in [0.2, 0.25) is 0 Å². The Balaban J connectivity index is 2.26. The highest BCUT2D eigenvalue weighted by Crippen LogP contribution is 2.42. The Bertz CT molecular complexity index is 987. The Hall–Kier alpha value is -3.07. The first-order chi connectivity index (χ1) is 13.2. The van der Waals surface area contributed by atoms with Crippen LogP contribution in [0.25, 0.3) is 0 Å². The Labute approximate surface area is 166 Å². The average molecular weight is 374 g/mol. The quantitative estimate of drug-likeness (QED) is 0.598. The van der Waals surface area contributed by atoms with Crippen molar-refractivity contribution in [1.29, 1.82) is 0 Å². The van der Waals surface area contributed by atoms with E-state index in [4.69, 9.17) is 0 Å². The number of aromatic carboxylic acids is 1. The molecule has 3 aromatic rings. The second-order valence-corrected chi connectivity index (χ2v) is 8.21. The smallest absolute Gasteiger partial charge is 0.339 e. The zero-order chi connectivity index (χ0) is 20.5. The number of carbonyl (C=O) groups is 1. The largest absolute Gasteiger partial charge is 0.507 e. The van der Waals surface area contributed by atoms with E-state index in [0.717, 1.165) is 16.7 Å². The van der Waals surface area contributed by atoms with E-state index in [1.54, 1.807) is 6.07 Å². The summed E-state index contributed by atoms with van der Waals surface area (Å²) in [5.41, 5.74) is 2.52. The first-order valence-electron chi connectivity index (χ1n) is 9.38. The second kappa shape index (κ2) is 7.16. The van der Waals surface area contributed by atoms with Crippen LogP contribution in [0.5, 0.6) is 5.75 Å². The van der Waals surface area contributed by atoms with Crippen molar-refractivity contribution in [2.24, 2.45) is 0 Å². The fourth-order valence-corrected chi connectivity index (χ4v) is 3.67. The molecule has 3 rings (SSSR count). The lowest BCUT2D eigenvalue weighted by atomic mass is 9.72. The van der Waals surface area contributed by atoms with Crippen LogP contribution in [0.15, 0.2) is 72.8 Å². The van der Waals surface area contributed by atoms with Crippen molar-refractivity contribution >= 4 is 5.97 Å². The standard InChI is InChI=1S/C25H26O3/c1-24(2,17-11-7-5-8-12-17)19-15-20(23(27)28)22(26)21(16-19)25(3,4)18-13-9-6-10-14-18/h5-16,26H,1-4H3,(H,27,28). The van der Waals surface area contributed by atoms with Gasteiger partial charge in [-0.15, -0.1) is 0 Å². The minimum atomic E-state index is -1.13. The monoisotopic (exact) mass is 374 g/mol. The number of benzene rings is 3. The van der Waals surface area contributed by atoms with Gasteiger partial charge in [0.05, 0.1) is 0 Å². The van der Waals surface area contributed by atoms with Crippen LogP contribution >= 0.6 is 0 Å². The molecule has 0 unspecified atom stereocenters. The summed E-state index contributed by atoms with van der Waals surface area (Å²) in [7, 11) is 0. The summed E-state index contributed by atoms with van der Waals surface area (Å²) in [4.78, 5) is 11.9. The van der Waals surface area contributed by atoms with Gasteiger partial charge in [-0.25, -0.2) is 4.79 Å². The highest BCUT2D eigenvalue weighted by Gasteiger charge is 2.33. The Kier molecular flexibility index (Phi) is 5.03. The van der Waals surface area contributed by atoms with Crippen LogP contribution in [-0.4, -0.2) is 16.2 Å². The van der Waals surface area contributed by atoms with E-state index >= 15 is 0 Å². The van der Waals surface area contributed by atoms with Crippen molar-refractivity contribution in [2.45, 2.75) is 38.5 Å². The van der Waals surface area contributed by atoms with E-state index < -0.39 is 16.8 Å². The maximum atomic E-state index is 11.9. The highest BCUT2D eigenvalue weighted by atomic mass is 16.4. The molecule has 3 aromatic carbocycles. The Morgan fingerprint density at radius 3 is 1.64 bits per heavy atom. The third kappa shape index (κ3) is 3.40. The minimum absolute atomic E-state index is 0.0690. The van der Waals surface area contributed by atoms with Gasteiger partial charge in [0.15, 0.2) is 0 Å². The predicted octanol–water partition coefficient (Wildman–Crippen LogP) is 5.74. The zero-order valence-electron chi connectivity index (χ0n) is 16.7. The van der Waals surface area contributed by atoms with Crippen molar-refractivity contribution in [3.63, 3.8) is 0 Å². The molecule has 0 aliphatic rings. The minimum Gasteiger partial charge on any atom is -0.507 e. The van der Waals surface area contributed by atoms with Gasteiger partial charge in [0, 0.05) is 16.4 Å². The van der Waals surface area contributed by atoms with Crippen LogP contribution in [0.1, 0.15) is 60.3 Å². The van der Waals surface area contributed by atoms with E-state index in [9.17, 15) is 15.0 Å². The fraction of sp³-hybridized carbons (Fsp3) is 0.240. The molecule has 3 heteroatoms. The van der Waals surface area contributed by atoms with Crippen LogP contribution in [0.3, 0.4) is 0 Å². The molecule has 0 amide bonds. The molecule has 3 nitrogen and oxygen atoms in total. The van der Waals surface area contributed by atoms with E-state index in [1.807, 2.05) is 80.6 Å². The molecule has 0 aromatic heterocycles. The SMILES string of the molecule is CC(C)(c1ccccc1)c1cc(C(=O)O)c(O)c(C(C)(C)c2ccccc2)c1. The van der Waals surface area contributed by atoms with E-state index in [1.165, 1.54) is 0 Å². The molecular weight excluding hydrogens is 348 g/mol. The van der Waals surface area contributed by atoms with E-state index in [0.29, 0.717) is 5.56 Å². The molecule has 144 valence electrons. The third-order valence-corrected chi connectivity index (χ3v) is 5.73. The van der Waals surface area contributed by atoms with Gasteiger partial charge in [-0.2, -0.15) is 0 Å². The molecule has 0 bridgehead atoms. The van der Waals surface area contributed by atoms with E-state index in [-0.39, 0.29) is 11.3 Å². The first-order valence-corrected chi connectivity index (χ1v) is 9.38. The summed E-state index contributed by atoms with van der Waals surface area (Å²) < 4.78 is 0. The van der Waals surface area contributed by atoms with Crippen molar-refractivity contribution in [3.05, 3.63) is 101 Å². The highest BCUT2D eigenvalue weighted by molar-refractivity contribution is 5.92. The first kappa shape index (κ1) is 19.7. The number of hydrogen-bond donors (Lipinski definition) is 2. The molecular formula is C25H26O3. The van der Waals surface area contributed by atoms with Gasteiger partial charge in [-0.3, -0.25) is 0 Å². The lowest BCUT2D eigenvalue weighted by molar-refractivity contribution is 0.0693. The average Bonchev–Trinajstić information content (AvgIpc) is 2.69. The summed E-state index contributed by atoms with van der Waals surface area (Å²) in [5.74, 6) is -1.30. The molecule has 0 fully saturated rings. The van der Waals surface area contributed by atoms with Gasteiger partial charge in [0.1, 0.15) is 11.3 Å². The number of carboxylic acid groups (broad SMARTS) is 1. The van der Waals surface area contributed by atoms with Gasteiger partial charge in [-0.05, 0) is 22.8 Å². The molecule has 0 aliphatic heterocycles. The number of rotatable bonds is 5. The van der Waals surface area contributed by atoms with Gasteiger partial charge in [0.2, 0.25) is 0 Å². The third-order valence-electron chi connectivity index (χ3n) is 5.73. The summed E-state index contributed by atoms with van der Waals surface area (Å²) >= 11 is 0. The van der Waals surface area contributed by atoms with Gasteiger partial charge < -0.3 is 10.2 Å². The topological polar surface area (TPSA) is 57.5 Å². The number of carboxylic acids is 1. The van der Waals surface area contributed by atoms with Crippen LogP contribution < -0.4 is 0 Å². The predicted molar refractivity (Wildman–Crippen MR) is 112 cm³/mol. The maximum Gasteiger partial charge on any atom is 0.339 e. The zero-order valence-corrected chi connectivity index (χ0v) is 16.7. The van der Waals surface area contributed by atoms with E-state index in [2.05, 4.69) is 13.8 Å². The lowest BCUT2D eigenvalue weighted by Crippen LogP contribution is -2.24. The molecule has 2 N–H and O–H groups in total. The Morgan fingerprint density at radius 2 is 1.18 bits per heavy atom. The van der Waals surface area contributed by atoms with Crippen molar-refractivity contribution in [2.75, 3.05) is 0 Å². The normalized spacial score (nSPS) is 12.0. The lowest BCUT2D eigenvalue weighted by Gasteiger charge is -2.32. The fourth-order valence-electron chi connectivity index (χ4n) is 3.67. The summed E-state index contributed by atoms with van der Waals surface area (Å²) in [6, 6.07) is 23.4. The van der Waals surface area contributed by atoms with Crippen molar-refractivity contribution in [3.8, 4) is 5.75 Å². The van der Waals surface area contributed by atoms with Crippen LogP contribution in [0.4, 0.5) is 0 Å². The molecule has 0 saturated carbocycles. The van der Waals surface area contributed by atoms with Crippen molar-refractivity contribution in [1.82, 2.24) is 0 Å². The summed E-state index contributed by atoms with van der Waals surface area (Å²) in [5, 5.41) is 20.6. The molecule has 0 heterocycles. The molecule has 0 saturated heterocycles. The molecule has 28 heavy (non-hydrogen) atoms. The molecule has 0 radical (unpaired) electrons. The number of hydrogen-bond acceptors (Lipinski definition) is 2. The number of aromatic hydroxyl groups is 1. The molecule has 0 spiro atoms. The van der Waals surface area contributed by atoms with Crippen molar-refractivity contribution < 1.29 is 15.0 Å².